The molecule has 0 bridgehead atoms. The SMILES string of the molecule is C/C=C/C(=O)OCC(CC)CCCC. The molecule has 82 valence electrons. The first kappa shape index (κ1) is 13.2. The van der Waals surface area contributed by atoms with Gasteiger partial charge in [0.25, 0.3) is 0 Å². The van der Waals surface area contributed by atoms with Crippen LogP contribution in [0.3, 0.4) is 0 Å². The maximum absolute atomic E-state index is 11.0. The Kier molecular flexibility index (Phi) is 8.30. The van der Waals surface area contributed by atoms with Crippen LogP contribution in [0.4, 0.5) is 0 Å². The molecule has 0 heterocycles. The minimum Gasteiger partial charge on any atom is -0.462 e. The van der Waals surface area contributed by atoms with Crippen LogP contribution < -0.4 is 0 Å². The van der Waals surface area contributed by atoms with Gasteiger partial charge in [-0.2, -0.15) is 0 Å². The van der Waals surface area contributed by atoms with Crippen LogP contribution in [-0.4, -0.2) is 12.6 Å². The standard InChI is InChI=1S/C12H22O2/c1-4-7-9-11(6-3)10-14-12(13)8-5-2/h5,8,11H,4,6-7,9-10H2,1-3H3/b8-5+. The number of carbonyl (C=O) groups is 1. The molecule has 0 rings (SSSR count). The Morgan fingerprint density at radius 1 is 1.43 bits per heavy atom. The number of unbranched alkanes of at least 4 members (excludes halogenated alkanes) is 1. The van der Waals surface area contributed by atoms with E-state index in [-0.39, 0.29) is 5.97 Å². The molecule has 0 aliphatic rings. The van der Waals surface area contributed by atoms with E-state index in [9.17, 15) is 4.79 Å². The molecule has 0 saturated carbocycles. The van der Waals surface area contributed by atoms with Crippen molar-refractivity contribution < 1.29 is 9.53 Å². The van der Waals surface area contributed by atoms with E-state index in [2.05, 4.69) is 13.8 Å². The summed E-state index contributed by atoms with van der Waals surface area (Å²) < 4.78 is 5.11. The normalized spacial score (nSPS) is 13.1. The minimum absolute atomic E-state index is 0.220. The average molecular weight is 198 g/mol. The maximum Gasteiger partial charge on any atom is 0.330 e. The zero-order valence-electron chi connectivity index (χ0n) is 9.58. The fraction of sp³-hybridized carbons (Fsp3) is 0.750. The summed E-state index contributed by atoms with van der Waals surface area (Å²) in [5.74, 6) is 0.312. The van der Waals surface area contributed by atoms with Crippen molar-refractivity contribution in [3.8, 4) is 0 Å². The van der Waals surface area contributed by atoms with E-state index in [0.717, 1.165) is 12.8 Å². The molecule has 2 heteroatoms. The van der Waals surface area contributed by atoms with Crippen molar-refractivity contribution in [3.63, 3.8) is 0 Å². The van der Waals surface area contributed by atoms with Gasteiger partial charge in [-0.05, 0) is 19.3 Å². The van der Waals surface area contributed by atoms with Gasteiger partial charge in [0, 0.05) is 6.08 Å². The van der Waals surface area contributed by atoms with Crippen molar-refractivity contribution in [2.24, 2.45) is 5.92 Å². The van der Waals surface area contributed by atoms with Crippen LogP contribution in [0.1, 0.15) is 46.5 Å². The molecule has 0 aromatic rings. The van der Waals surface area contributed by atoms with E-state index in [1.807, 2.05) is 6.92 Å². The van der Waals surface area contributed by atoms with Crippen LogP contribution in [0.25, 0.3) is 0 Å². The summed E-state index contributed by atoms with van der Waals surface area (Å²) in [5, 5.41) is 0. The van der Waals surface area contributed by atoms with Gasteiger partial charge in [-0.3, -0.25) is 0 Å². The number of esters is 1. The van der Waals surface area contributed by atoms with Gasteiger partial charge in [-0.15, -0.1) is 0 Å². The highest BCUT2D eigenvalue weighted by Crippen LogP contribution is 2.12. The molecule has 0 aromatic heterocycles. The average Bonchev–Trinajstić information content (AvgIpc) is 2.19. The van der Waals surface area contributed by atoms with Gasteiger partial charge in [0.05, 0.1) is 6.61 Å². The Labute approximate surface area is 87.3 Å². The van der Waals surface area contributed by atoms with E-state index >= 15 is 0 Å². The maximum atomic E-state index is 11.0. The fourth-order valence-electron chi connectivity index (χ4n) is 1.28. The predicted molar refractivity (Wildman–Crippen MR) is 59.1 cm³/mol. The monoisotopic (exact) mass is 198 g/mol. The van der Waals surface area contributed by atoms with Gasteiger partial charge in [0.15, 0.2) is 0 Å². The lowest BCUT2D eigenvalue weighted by Crippen LogP contribution is -2.12. The molecule has 0 aliphatic carbocycles. The second-order valence-electron chi connectivity index (χ2n) is 3.55. The summed E-state index contributed by atoms with van der Waals surface area (Å²) in [7, 11) is 0. The Balaban J connectivity index is 3.66. The molecule has 0 aliphatic heterocycles. The van der Waals surface area contributed by atoms with Crippen molar-refractivity contribution in [2.45, 2.75) is 46.5 Å². The molecule has 2 nitrogen and oxygen atoms in total. The van der Waals surface area contributed by atoms with E-state index in [1.165, 1.54) is 18.9 Å². The lowest BCUT2D eigenvalue weighted by molar-refractivity contribution is -0.139. The van der Waals surface area contributed by atoms with Gasteiger partial charge >= 0.3 is 5.97 Å². The van der Waals surface area contributed by atoms with Gasteiger partial charge < -0.3 is 4.74 Å². The van der Waals surface area contributed by atoms with E-state index in [0.29, 0.717) is 12.5 Å². The molecular weight excluding hydrogens is 176 g/mol. The van der Waals surface area contributed by atoms with Crippen molar-refractivity contribution in [1.82, 2.24) is 0 Å². The molecule has 0 saturated heterocycles. The highest BCUT2D eigenvalue weighted by atomic mass is 16.5. The summed E-state index contributed by atoms with van der Waals surface area (Å²) >= 11 is 0. The lowest BCUT2D eigenvalue weighted by atomic mass is 10.0. The van der Waals surface area contributed by atoms with Crippen molar-refractivity contribution >= 4 is 5.97 Å². The molecule has 14 heavy (non-hydrogen) atoms. The molecule has 1 unspecified atom stereocenters. The summed E-state index contributed by atoms with van der Waals surface area (Å²) in [6, 6.07) is 0. The molecule has 0 spiro atoms. The smallest absolute Gasteiger partial charge is 0.330 e. The number of hydrogen-bond donors (Lipinski definition) is 0. The van der Waals surface area contributed by atoms with Gasteiger partial charge in [0.2, 0.25) is 0 Å². The van der Waals surface area contributed by atoms with Crippen LogP contribution in [-0.2, 0) is 9.53 Å². The molecular formula is C12H22O2. The summed E-state index contributed by atoms with van der Waals surface area (Å²) in [5.41, 5.74) is 0. The number of rotatable bonds is 7. The molecule has 1 atom stereocenters. The third-order valence-electron chi connectivity index (χ3n) is 2.31. The largest absolute Gasteiger partial charge is 0.462 e. The summed E-state index contributed by atoms with van der Waals surface area (Å²) in [6.45, 7) is 6.71. The topological polar surface area (TPSA) is 26.3 Å². The Morgan fingerprint density at radius 2 is 2.14 bits per heavy atom. The van der Waals surface area contributed by atoms with Crippen LogP contribution in [0.15, 0.2) is 12.2 Å². The number of allylic oxidation sites excluding steroid dienone is 1. The van der Waals surface area contributed by atoms with Gasteiger partial charge in [-0.1, -0.05) is 39.2 Å². The van der Waals surface area contributed by atoms with Gasteiger partial charge in [-0.25, -0.2) is 4.79 Å². The first-order valence-electron chi connectivity index (χ1n) is 5.54. The van der Waals surface area contributed by atoms with Gasteiger partial charge in [0.1, 0.15) is 0 Å². The molecule has 0 radical (unpaired) electrons. The highest BCUT2D eigenvalue weighted by molar-refractivity contribution is 5.81. The van der Waals surface area contributed by atoms with Crippen LogP contribution >= 0.6 is 0 Å². The quantitative estimate of drug-likeness (QED) is 0.463. The number of hydrogen-bond acceptors (Lipinski definition) is 2. The first-order chi connectivity index (χ1) is 6.74. The molecule has 0 fully saturated rings. The summed E-state index contributed by atoms with van der Waals surface area (Å²) in [4.78, 5) is 11.0. The van der Waals surface area contributed by atoms with Crippen LogP contribution in [0, 0.1) is 5.92 Å². The van der Waals surface area contributed by atoms with E-state index < -0.39 is 0 Å². The summed E-state index contributed by atoms with van der Waals surface area (Å²) in [6.07, 6.45) is 7.85. The van der Waals surface area contributed by atoms with E-state index in [1.54, 1.807) is 6.08 Å². The Bertz CT molecular complexity index is 173. The minimum atomic E-state index is -0.220. The lowest BCUT2D eigenvalue weighted by Gasteiger charge is -2.13. The molecule has 0 N–H and O–H groups in total. The zero-order valence-corrected chi connectivity index (χ0v) is 9.58. The molecule has 0 aromatic carbocycles. The zero-order chi connectivity index (χ0) is 10.8. The van der Waals surface area contributed by atoms with Crippen LogP contribution in [0.5, 0.6) is 0 Å². The highest BCUT2D eigenvalue weighted by Gasteiger charge is 2.07. The van der Waals surface area contributed by atoms with E-state index in [4.69, 9.17) is 4.74 Å². The van der Waals surface area contributed by atoms with Crippen molar-refractivity contribution in [3.05, 3.63) is 12.2 Å². The first-order valence-corrected chi connectivity index (χ1v) is 5.54. The third kappa shape index (κ3) is 6.70. The Hall–Kier alpha value is -0.790. The second-order valence-corrected chi connectivity index (χ2v) is 3.55. The number of ether oxygens (including phenoxy) is 1. The van der Waals surface area contributed by atoms with Crippen molar-refractivity contribution in [1.29, 1.82) is 0 Å². The fourth-order valence-corrected chi connectivity index (χ4v) is 1.28. The number of carbonyl (C=O) groups excluding carboxylic acids is 1. The van der Waals surface area contributed by atoms with Crippen molar-refractivity contribution in [2.75, 3.05) is 6.61 Å². The molecule has 0 amide bonds. The third-order valence-corrected chi connectivity index (χ3v) is 2.31. The predicted octanol–water partition coefficient (Wildman–Crippen LogP) is 3.32. The Morgan fingerprint density at radius 3 is 2.64 bits per heavy atom. The van der Waals surface area contributed by atoms with Crippen LogP contribution in [0.2, 0.25) is 0 Å². The second kappa shape index (κ2) is 8.79.